The lowest BCUT2D eigenvalue weighted by atomic mass is 10.2. The first kappa shape index (κ1) is 17.2. The molecule has 0 saturated carbocycles. The van der Waals surface area contributed by atoms with E-state index in [0.29, 0.717) is 11.6 Å². The van der Waals surface area contributed by atoms with Crippen molar-refractivity contribution in [3.05, 3.63) is 22.2 Å². The van der Waals surface area contributed by atoms with E-state index in [1.54, 1.807) is 6.92 Å². The molecule has 0 aromatic heterocycles. The van der Waals surface area contributed by atoms with Gasteiger partial charge in [0.05, 0.1) is 23.0 Å². The Kier molecular flexibility index (Phi) is 6.75. The molecule has 0 aliphatic rings. The monoisotopic (exact) mass is 338 g/mol. The molecule has 20 heavy (non-hydrogen) atoms. The van der Waals surface area contributed by atoms with Gasteiger partial charge in [-0.3, -0.25) is 9.00 Å². The van der Waals surface area contributed by atoms with E-state index in [1.165, 1.54) is 19.2 Å². The molecule has 3 N–H and O–H groups in total. The first-order valence-corrected chi connectivity index (χ1v) is 7.92. The summed E-state index contributed by atoms with van der Waals surface area (Å²) in [7, 11) is 0.177. The largest absolute Gasteiger partial charge is 0.397 e. The number of nitrogen functional groups attached to an aromatic ring is 1. The maximum atomic E-state index is 12.0. The van der Waals surface area contributed by atoms with Gasteiger partial charge in [0, 0.05) is 28.7 Å². The number of rotatable bonds is 6. The third kappa shape index (κ3) is 4.63. The van der Waals surface area contributed by atoms with Gasteiger partial charge in [-0.15, -0.1) is 0 Å². The van der Waals surface area contributed by atoms with Crippen molar-refractivity contribution in [2.75, 3.05) is 30.5 Å². The number of hydrogen-bond acceptors (Lipinski definition) is 4. The Morgan fingerprint density at radius 3 is 2.70 bits per heavy atom. The molecule has 0 saturated heterocycles. The van der Waals surface area contributed by atoms with Crippen LogP contribution in [0, 0.1) is 0 Å². The normalized spacial score (nSPS) is 13.8. The number of nitrogens with two attached hydrogens (primary N) is 1. The van der Waals surface area contributed by atoms with Gasteiger partial charge in [-0.1, -0.05) is 23.2 Å². The van der Waals surface area contributed by atoms with E-state index in [9.17, 15) is 9.00 Å². The van der Waals surface area contributed by atoms with Crippen LogP contribution in [0.2, 0.25) is 10.0 Å². The minimum Gasteiger partial charge on any atom is -0.397 e. The number of halogens is 2. The highest BCUT2D eigenvalue weighted by atomic mass is 35.5. The molecular formula is C12H16Cl2N2O3S. The highest BCUT2D eigenvalue weighted by Gasteiger charge is 2.21. The highest BCUT2D eigenvalue weighted by Crippen LogP contribution is 2.32. The van der Waals surface area contributed by atoms with Crippen molar-refractivity contribution in [2.45, 2.75) is 12.2 Å². The summed E-state index contributed by atoms with van der Waals surface area (Å²) in [6.07, 6.45) is 0. The van der Waals surface area contributed by atoms with Crippen LogP contribution >= 0.6 is 23.2 Å². The molecule has 2 unspecified atom stereocenters. The van der Waals surface area contributed by atoms with Gasteiger partial charge >= 0.3 is 0 Å². The number of methoxy groups -OCH3 is 1. The first-order valence-electron chi connectivity index (χ1n) is 5.78. The van der Waals surface area contributed by atoms with Crippen LogP contribution in [0.1, 0.15) is 6.92 Å². The number of amides is 1. The molecule has 0 fully saturated rings. The van der Waals surface area contributed by atoms with E-state index in [2.05, 4.69) is 5.32 Å². The number of nitrogens with one attached hydrogen (secondary N) is 1. The zero-order chi connectivity index (χ0) is 15.3. The van der Waals surface area contributed by atoms with Gasteiger partial charge in [0.2, 0.25) is 5.91 Å². The zero-order valence-electron chi connectivity index (χ0n) is 11.1. The summed E-state index contributed by atoms with van der Waals surface area (Å²) >= 11 is 11.8. The van der Waals surface area contributed by atoms with Crippen LogP contribution in [0.15, 0.2) is 12.1 Å². The minimum absolute atomic E-state index is 0.234. The molecule has 0 aliphatic heterocycles. The standard InChI is InChI=1S/C12H16Cl2N2O3S/c1-7(20(18)4-3-19-2)12(17)16-11-9(14)5-8(13)6-10(11)15/h5-7H,3-4,15H2,1-2H3,(H,16,17). The number of carbonyl (C=O) groups is 1. The smallest absolute Gasteiger partial charge is 0.239 e. The van der Waals surface area contributed by atoms with Crippen LogP contribution in [0.4, 0.5) is 11.4 Å². The summed E-state index contributed by atoms with van der Waals surface area (Å²) in [6, 6.07) is 2.96. The molecular weight excluding hydrogens is 323 g/mol. The molecule has 8 heteroatoms. The van der Waals surface area contributed by atoms with Gasteiger partial charge in [0.15, 0.2) is 0 Å². The van der Waals surface area contributed by atoms with Gasteiger partial charge in [0.25, 0.3) is 0 Å². The molecule has 0 aliphatic carbocycles. The summed E-state index contributed by atoms with van der Waals surface area (Å²) in [4.78, 5) is 12.0. The molecule has 0 radical (unpaired) electrons. The van der Waals surface area contributed by atoms with E-state index in [4.69, 9.17) is 33.7 Å². The first-order chi connectivity index (χ1) is 9.36. The number of ether oxygens (including phenoxy) is 1. The lowest BCUT2D eigenvalue weighted by Crippen LogP contribution is -2.31. The van der Waals surface area contributed by atoms with Crippen molar-refractivity contribution >= 4 is 51.3 Å². The molecule has 1 aromatic carbocycles. The van der Waals surface area contributed by atoms with E-state index < -0.39 is 22.0 Å². The summed E-state index contributed by atoms with van der Waals surface area (Å²) in [5.41, 5.74) is 6.28. The van der Waals surface area contributed by atoms with E-state index in [1.807, 2.05) is 0 Å². The van der Waals surface area contributed by atoms with Crippen LogP contribution in [-0.4, -0.2) is 34.8 Å². The predicted molar refractivity (Wildman–Crippen MR) is 83.9 cm³/mol. The zero-order valence-corrected chi connectivity index (χ0v) is 13.4. The van der Waals surface area contributed by atoms with Crippen molar-refractivity contribution in [1.29, 1.82) is 0 Å². The topological polar surface area (TPSA) is 81.4 Å². The molecule has 1 rings (SSSR count). The molecule has 1 amide bonds. The van der Waals surface area contributed by atoms with Gasteiger partial charge in [-0.05, 0) is 19.1 Å². The third-order valence-electron chi connectivity index (χ3n) is 2.59. The molecule has 112 valence electrons. The van der Waals surface area contributed by atoms with Crippen molar-refractivity contribution < 1.29 is 13.7 Å². The molecule has 0 spiro atoms. The lowest BCUT2D eigenvalue weighted by molar-refractivity contribution is -0.115. The Hall–Kier alpha value is -0.820. The summed E-state index contributed by atoms with van der Waals surface area (Å²) in [5.74, 6) is -0.134. The number of benzene rings is 1. The Labute approximate surface area is 130 Å². The second-order valence-corrected chi connectivity index (χ2v) is 6.78. The van der Waals surface area contributed by atoms with Gasteiger partial charge in [-0.2, -0.15) is 0 Å². The fraction of sp³-hybridized carbons (Fsp3) is 0.417. The lowest BCUT2D eigenvalue weighted by Gasteiger charge is -2.14. The average molecular weight is 339 g/mol. The summed E-state index contributed by atoms with van der Waals surface area (Å²) in [6.45, 7) is 1.90. The second-order valence-electron chi connectivity index (χ2n) is 4.06. The van der Waals surface area contributed by atoms with E-state index in [-0.39, 0.29) is 22.2 Å². The number of anilines is 2. The maximum absolute atomic E-state index is 12.0. The number of hydrogen-bond donors (Lipinski definition) is 2. The molecule has 2 atom stereocenters. The molecule has 5 nitrogen and oxygen atoms in total. The highest BCUT2D eigenvalue weighted by molar-refractivity contribution is 7.86. The molecule has 0 heterocycles. The fourth-order valence-electron chi connectivity index (χ4n) is 1.41. The van der Waals surface area contributed by atoms with Crippen LogP contribution in [0.3, 0.4) is 0 Å². The quantitative estimate of drug-likeness (QED) is 0.779. The SMILES string of the molecule is COCCS(=O)C(C)C(=O)Nc1c(N)cc(Cl)cc1Cl. The van der Waals surface area contributed by atoms with Crippen molar-refractivity contribution in [1.82, 2.24) is 0 Å². The van der Waals surface area contributed by atoms with Gasteiger partial charge < -0.3 is 15.8 Å². The third-order valence-corrected chi connectivity index (χ3v) is 4.67. The Bertz CT molecular complexity index is 502. The van der Waals surface area contributed by atoms with Crippen molar-refractivity contribution in [3.63, 3.8) is 0 Å². The van der Waals surface area contributed by atoms with Crippen LogP contribution in [-0.2, 0) is 20.3 Å². The summed E-state index contributed by atoms with van der Waals surface area (Å²) in [5, 5.41) is 2.49. The Balaban J connectivity index is 2.78. The molecule has 1 aromatic rings. The maximum Gasteiger partial charge on any atom is 0.239 e. The average Bonchev–Trinajstić information content (AvgIpc) is 2.38. The Morgan fingerprint density at radius 1 is 1.50 bits per heavy atom. The van der Waals surface area contributed by atoms with Crippen LogP contribution in [0.25, 0.3) is 0 Å². The predicted octanol–water partition coefficient (Wildman–Crippen LogP) is 2.30. The number of carbonyl (C=O) groups excluding carboxylic acids is 1. The Morgan fingerprint density at radius 2 is 2.15 bits per heavy atom. The van der Waals surface area contributed by atoms with E-state index >= 15 is 0 Å². The van der Waals surface area contributed by atoms with Crippen LogP contribution in [0.5, 0.6) is 0 Å². The molecule has 0 bridgehead atoms. The van der Waals surface area contributed by atoms with Gasteiger partial charge in [-0.25, -0.2) is 0 Å². The minimum atomic E-state index is -1.33. The van der Waals surface area contributed by atoms with Crippen LogP contribution < -0.4 is 11.1 Å². The fourth-order valence-corrected chi connectivity index (χ4v) is 2.95. The van der Waals surface area contributed by atoms with Crippen molar-refractivity contribution in [2.24, 2.45) is 0 Å². The second kappa shape index (κ2) is 7.83. The summed E-state index contributed by atoms with van der Waals surface area (Å²) < 4.78 is 16.7. The van der Waals surface area contributed by atoms with Crippen molar-refractivity contribution in [3.8, 4) is 0 Å². The van der Waals surface area contributed by atoms with E-state index in [0.717, 1.165) is 0 Å². The van der Waals surface area contributed by atoms with Gasteiger partial charge in [0.1, 0.15) is 5.25 Å².